The van der Waals surface area contributed by atoms with Crippen molar-refractivity contribution in [1.29, 1.82) is 0 Å². The highest BCUT2D eigenvalue weighted by atomic mass is 16.5. The van der Waals surface area contributed by atoms with Crippen molar-refractivity contribution >= 4 is 5.97 Å². The first-order valence-electron chi connectivity index (χ1n) is 7.72. The zero-order chi connectivity index (χ0) is 13.8. The summed E-state index contributed by atoms with van der Waals surface area (Å²) in [7, 11) is 1.48. The van der Waals surface area contributed by atoms with E-state index in [0.717, 1.165) is 19.5 Å². The Morgan fingerprint density at radius 3 is 2.53 bits per heavy atom. The Labute approximate surface area is 116 Å². The summed E-state index contributed by atoms with van der Waals surface area (Å²) in [6, 6.07) is 2.05. The molecule has 2 aliphatic rings. The normalized spacial score (nSPS) is 31.5. The molecule has 2 rings (SSSR count). The Bertz CT molecular complexity index is 297. The van der Waals surface area contributed by atoms with Crippen LogP contribution in [0.4, 0.5) is 0 Å². The maximum Gasteiger partial charge on any atom is 0.309 e. The van der Waals surface area contributed by atoms with Crippen LogP contribution in [0.5, 0.6) is 0 Å². The zero-order valence-corrected chi connectivity index (χ0v) is 12.5. The lowest BCUT2D eigenvalue weighted by Gasteiger charge is -2.38. The number of esters is 1. The number of ether oxygens (including phenoxy) is 1. The van der Waals surface area contributed by atoms with Crippen LogP contribution in [-0.4, -0.2) is 49.2 Å². The van der Waals surface area contributed by atoms with Gasteiger partial charge in [-0.1, -0.05) is 13.8 Å². The van der Waals surface area contributed by atoms with Gasteiger partial charge in [0, 0.05) is 24.7 Å². The molecular formula is C15H28N2O2. The van der Waals surface area contributed by atoms with Crippen LogP contribution >= 0.6 is 0 Å². The number of methoxy groups -OCH3 is 1. The lowest BCUT2D eigenvalue weighted by atomic mass is 9.97. The van der Waals surface area contributed by atoms with Crippen LogP contribution < -0.4 is 5.32 Å². The number of carbonyl (C=O) groups is 1. The maximum atomic E-state index is 11.6. The number of hydrogen-bond acceptors (Lipinski definition) is 4. The molecule has 0 radical (unpaired) electrons. The highest BCUT2D eigenvalue weighted by Crippen LogP contribution is 2.30. The molecule has 3 atom stereocenters. The average Bonchev–Trinajstić information content (AvgIpc) is 2.75. The van der Waals surface area contributed by atoms with Gasteiger partial charge in [0.15, 0.2) is 0 Å². The molecule has 2 saturated heterocycles. The first kappa shape index (κ1) is 14.8. The van der Waals surface area contributed by atoms with E-state index in [0.29, 0.717) is 18.1 Å². The molecule has 0 spiro atoms. The topological polar surface area (TPSA) is 41.6 Å². The molecule has 0 saturated carbocycles. The van der Waals surface area contributed by atoms with Crippen molar-refractivity contribution in [2.75, 3.05) is 20.2 Å². The lowest BCUT2D eigenvalue weighted by Crippen LogP contribution is -2.50. The molecule has 0 aromatic heterocycles. The van der Waals surface area contributed by atoms with E-state index >= 15 is 0 Å². The molecule has 3 unspecified atom stereocenters. The minimum absolute atomic E-state index is 0.0240. The van der Waals surface area contributed by atoms with E-state index in [9.17, 15) is 4.79 Å². The number of carbonyl (C=O) groups excluding carboxylic acids is 1. The summed E-state index contributed by atoms with van der Waals surface area (Å²) in [6.07, 6.45) is 6.28. The minimum Gasteiger partial charge on any atom is -0.469 e. The fourth-order valence-corrected chi connectivity index (χ4v) is 3.66. The fraction of sp³-hybridized carbons (Fsp3) is 0.933. The third-order valence-electron chi connectivity index (χ3n) is 4.59. The van der Waals surface area contributed by atoms with Crippen LogP contribution in [0, 0.1) is 5.92 Å². The fourth-order valence-electron chi connectivity index (χ4n) is 3.66. The van der Waals surface area contributed by atoms with Crippen LogP contribution in [-0.2, 0) is 9.53 Å². The highest BCUT2D eigenvalue weighted by Gasteiger charge is 2.36. The molecule has 19 heavy (non-hydrogen) atoms. The molecule has 4 heteroatoms. The standard InChI is InChI=1S/C15H28N2O2/c1-4-7-17(10-11(2)15(18)19-3)14-8-12-5-6-13(9-14)16-12/h11-14,16H,4-10H2,1-3H3. The summed E-state index contributed by atoms with van der Waals surface area (Å²) in [6.45, 7) is 6.12. The van der Waals surface area contributed by atoms with E-state index in [1.54, 1.807) is 0 Å². The molecule has 2 fully saturated rings. The number of nitrogens with zero attached hydrogens (tertiary/aromatic N) is 1. The number of piperidine rings is 1. The number of nitrogens with one attached hydrogen (secondary N) is 1. The van der Waals surface area contributed by atoms with Gasteiger partial charge in [0.25, 0.3) is 0 Å². The predicted octanol–water partition coefficient (Wildman–Crippen LogP) is 1.79. The molecule has 110 valence electrons. The maximum absolute atomic E-state index is 11.6. The third kappa shape index (κ3) is 3.69. The smallest absolute Gasteiger partial charge is 0.309 e. The molecular weight excluding hydrogens is 240 g/mol. The second-order valence-corrected chi connectivity index (χ2v) is 6.18. The molecule has 4 nitrogen and oxygen atoms in total. The second-order valence-electron chi connectivity index (χ2n) is 6.18. The van der Waals surface area contributed by atoms with Crippen molar-refractivity contribution in [3.05, 3.63) is 0 Å². The Kier molecular flexibility index (Phi) is 5.22. The Morgan fingerprint density at radius 1 is 1.37 bits per heavy atom. The van der Waals surface area contributed by atoms with Crippen molar-refractivity contribution < 1.29 is 9.53 Å². The third-order valence-corrected chi connectivity index (χ3v) is 4.59. The van der Waals surface area contributed by atoms with E-state index in [-0.39, 0.29) is 11.9 Å². The van der Waals surface area contributed by atoms with Crippen LogP contribution in [0.3, 0.4) is 0 Å². The largest absolute Gasteiger partial charge is 0.469 e. The summed E-state index contributed by atoms with van der Waals surface area (Å²) in [5, 5.41) is 3.69. The molecule has 2 bridgehead atoms. The molecule has 2 heterocycles. The monoisotopic (exact) mass is 268 g/mol. The van der Waals surface area contributed by atoms with Crippen molar-refractivity contribution in [3.8, 4) is 0 Å². The van der Waals surface area contributed by atoms with Gasteiger partial charge in [-0.25, -0.2) is 0 Å². The van der Waals surface area contributed by atoms with Crippen LogP contribution in [0.1, 0.15) is 46.0 Å². The summed E-state index contributed by atoms with van der Waals surface area (Å²) < 4.78 is 4.85. The van der Waals surface area contributed by atoms with Gasteiger partial charge < -0.3 is 10.1 Å². The molecule has 2 aliphatic heterocycles. The van der Waals surface area contributed by atoms with E-state index in [2.05, 4.69) is 17.1 Å². The minimum atomic E-state index is -0.0852. The molecule has 0 aromatic carbocycles. The van der Waals surface area contributed by atoms with Crippen molar-refractivity contribution in [2.45, 2.75) is 64.1 Å². The van der Waals surface area contributed by atoms with E-state index in [4.69, 9.17) is 4.74 Å². The predicted molar refractivity (Wildman–Crippen MR) is 76.0 cm³/mol. The van der Waals surface area contributed by atoms with E-state index in [1.165, 1.54) is 32.8 Å². The molecule has 0 amide bonds. The summed E-state index contributed by atoms with van der Waals surface area (Å²) in [4.78, 5) is 14.1. The molecule has 0 aromatic rings. The number of rotatable bonds is 6. The average molecular weight is 268 g/mol. The van der Waals surface area contributed by atoms with E-state index in [1.807, 2.05) is 6.92 Å². The van der Waals surface area contributed by atoms with Gasteiger partial charge in [0.1, 0.15) is 0 Å². The summed E-state index contributed by atoms with van der Waals surface area (Å²) in [5.74, 6) is -0.109. The summed E-state index contributed by atoms with van der Waals surface area (Å²) >= 11 is 0. The summed E-state index contributed by atoms with van der Waals surface area (Å²) in [5.41, 5.74) is 0. The van der Waals surface area contributed by atoms with Crippen molar-refractivity contribution in [2.24, 2.45) is 5.92 Å². The Morgan fingerprint density at radius 2 is 2.00 bits per heavy atom. The quantitative estimate of drug-likeness (QED) is 0.746. The van der Waals surface area contributed by atoms with Crippen LogP contribution in [0.2, 0.25) is 0 Å². The van der Waals surface area contributed by atoms with Gasteiger partial charge in [-0.2, -0.15) is 0 Å². The van der Waals surface area contributed by atoms with Gasteiger partial charge in [0.05, 0.1) is 13.0 Å². The first-order valence-corrected chi connectivity index (χ1v) is 7.72. The number of hydrogen-bond donors (Lipinski definition) is 1. The van der Waals surface area contributed by atoms with Crippen molar-refractivity contribution in [1.82, 2.24) is 10.2 Å². The lowest BCUT2D eigenvalue weighted by molar-refractivity contribution is -0.145. The first-order chi connectivity index (χ1) is 9.13. The highest BCUT2D eigenvalue weighted by molar-refractivity contribution is 5.72. The van der Waals surface area contributed by atoms with E-state index < -0.39 is 0 Å². The van der Waals surface area contributed by atoms with Gasteiger partial charge in [-0.3, -0.25) is 9.69 Å². The van der Waals surface area contributed by atoms with Gasteiger partial charge in [-0.15, -0.1) is 0 Å². The van der Waals surface area contributed by atoms with Crippen LogP contribution in [0.15, 0.2) is 0 Å². The second kappa shape index (κ2) is 6.71. The van der Waals surface area contributed by atoms with Gasteiger partial charge >= 0.3 is 5.97 Å². The molecule has 0 aliphatic carbocycles. The molecule has 1 N–H and O–H groups in total. The SMILES string of the molecule is CCCN(CC(C)C(=O)OC)C1CC2CCC(C1)N2. The van der Waals surface area contributed by atoms with Crippen molar-refractivity contribution in [3.63, 3.8) is 0 Å². The number of fused-ring (bicyclic) bond motifs is 2. The van der Waals surface area contributed by atoms with Crippen LogP contribution in [0.25, 0.3) is 0 Å². The van der Waals surface area contributed by atoms with Gasteiger partial charge in [-0.05, 0) is 38.6 Å². The zero-order valence-electron chi connectivity index (χ0n) is 12.5. The Hall–Kier alpha value is -0.610. The Balaban J connectivity index is 1.93. The van der Waals surface area contributed by atoms with Gasteiger partial charge in [0.2, 0.25) is 0 Å².